The van der Waals surface area contributed by atoms with Crippen LogP contribution in [0.15, 0.2) is 47.6 Å². The van der Waals surface area contributed by atoms with Crippen LogP contribution in [0.5, 0.6) is 11.6 Å². The van der Waals surface area contributed by atoms with Crippen molar-refractivity contribution in [2.24, 2.45) is 4.99 Å². The van der Waals surface area contributed by atoms with E-state index in [-0.39, 0.29) is 6.10 Å². The molecule has 3 rings (SSSR count). The first-order valence-electron chi connectivity index (χ1n) is 9.13. The number of fused-ring (bicyclic) bond motifs is 1. The van der Waals surface area contributed by atoms with Crippen molar-refractivity contribution in [1.82, 2.24) is 15.6 Å². The normalized spacial score (nSPS) is 15.9. The predicted molar refractivity (Wildman–Crippen MR) is 103 cm³/mol. The Hall–Kier alpha value is -2.76. The van der Waals surface area contributed by atoms with E-state index in [2.05, 4.69) is 33.6 Å². The van der Waals surface area contributed by atoms with Crippen molar-refractivity contribution in [2.75, 3.05) is 19.7 Å². The van der Waals surface area contributed by atoms with E-state index in [9.17, 15) is 0 Å². The van der Waals surface area contributed by atoms with Gasteiger partial charge in [-0.2, -0.15) is 0 Å². The third kappa shape index (κ3) is 4.65. The number of pyridine rings is 1. The fourth-order valence-corrected chi connectivity index (χ4v) is 2.90. The molecule has 2 heterocycles. The Morgan fingerprint density at radius 1 is 1.23 bits per heavy atom. The minimum Gasteiger partial charge on any atom is -0.488 e. The summed E-state index contributed by atoms with van der Waals surface area (Å²) in [7, 11) is 0. The largest absolute Gasteiger partial charge is 0.488 e. The van der Waals surface area contributed by atoms with Gasteiger partial charge in [0.15, 0.2) is 5.96 Å². The van der Waals surface area contributed by atoms with E-state index in [4.69, 9.17) is 9.47 Å². The number of aromatic nitrogens is 1. The zero-order valence-electron chi connectivity index (χ0n) is 15.4. The number of hydrogen-bond acceptors (Lipinski definition) is 4. The molecule has 0 amide bonds. The highest BCUT2D eigenvalue weighted by atomic mass is 16.5. The summed E-state index contributed by atoms with van der Waals surface area (Å²) in [5, 5.41) is 6.64. The number of nitrogens with zero attached hydrogens (tertiary/aromatic N) is 2. The second kappa shape index (κ2) is 9.08. The number of para-hydroxylation sites is 1. The summed E-state index contributed by atoms with van der Waals surface area (Å²) in [5.74, 6) is 2.39. The van der Waals surface area contributed by atoms with Gasteiger partial charge < -0.3 is 20.1 Å². The molecule has 1 atom stereocenters. The molecule has 0 saturated carbocycles. The number of benzene rings is 1. The van der Waals surface area contributed by atoms with Crippen molar-refractivity contribution < 1.29 is 9.47 Å². The number of ether oxygens (including phenoxy) is 2. The topological polar surface area (TPSA) is 67.8 Å². The SMILES string of the molecule is CCNC(=NCc1cccnc1OCC)NCC1Cc2ccccc2O1. The smallest absolute Gasteiger partial charge is 0.218 e. The summed E-state index contributed by atoms with van der Waals surface area (Å²) in [6.45, 7) is 6.59. The second-order valence-corrected chi connectivity index (χ2v) is 6.03. The Kier molecular flexibility index (Phi) is 6.30. The van der Waals surface area contributed by atoms with Crippen molar-refractivity contribution in [3.05, 3.63) is 53.7 Å². The van der Waals surface area contributed by atoms with Gasteiger partial charge in [-0.25, -0.2) is 9.98 Å². The lowest BCUT2D eigenvalue weighted by atomic mass is 10.1. The highest BCUT2D eigenvalue weighted by molar-refractivity contribution is 5.79. The Bertz CT molecular complexity index is 723. The monoisotopic (exact) mass is 354 g/mol. The van der Waals surface area contributed by atoms with Crippen molar-refractivity contribution in [1.29, 1.82) is 0 Å². The van der Waals surface area contributed by atoms with Crippen molar-refractivity contribution in [2.45, 2.75) is 32.9 Å². The van der Waals surface area contributed by atoms with Gasteiger partial charge in [-0.05, 0) is 31.5 Å². The number of aliphatic imine (C=N–C) groups is 1. The van der Waals surface area contributed by atoms with E-state index in [1.54, 1.807) is 6.20 Å². The quantitative estimate of drug-likeness (QED) is 0.591. The minimum atomic E-state index is 0.119. The molecule has 1 aromatic carbocycles. The maximum absolute atomic E-state index is 5.97. The van der Waals surface area contributed by atoms with Crippen LogP contribution in [0.1, 0.15) is 25.0 Å². The first-order chi connectivity index (χ1) is 12.8. The molecular formula is C20H26N4O2. The first kappa shape index (κ1) is 18.0. The standard InChI is InChI=1S/C20H26N4O2/c1-3-21-20(23-13-16-9-7-11-22-19(16)25-4-2)24-14-17-12-15-8-5-6-10-18(15)26-17/h5-11,17H,3-4,12-14H2,1-2H3,(H2,21,23,24). The van der Waals surface area contributed by atoms with Crippen LogP contribution in [0.2, 0.25) is 0 Å². The van der Waals surface area contributed by atoms with Crippen LogP contribution in [0, 0.1) is 0 Å². The van der Waals surface area contributed by atoms with Gasteiger partial charge in [0.1, 0.15) is 11.9 Å². The summed E-state index contributed by atoms with van der Waals surface area (Å²) in [6.07, 6.45) is 2.77. The zero-order chi connectivity index (χ0) is 18.2. The van der Waals surface area contributed by atoms with Crippen molar-refractivity contribution in [3.63, 3.8) is 0 Å². The van der Waals surface area contributed by atoms with E-state index in [0.29, 0.717) is 25.6 Å². The Morgan fingerprint density at radius 2 is 2.12 bits per heavy atom. The lowest BCUT2D eigenvalue weighted by Gasteiger charge is -2.15. The average Bonchev–Trinajstić information content (AvgIpc) is 3.08. The van der Waals surface area contributed by atoms with E-state index >= 15 is 0 Å². The summed E-state index contributed by atoms with van der Waals surface area (Å²) in [5.41, 5.74) is 2.23. The fraction of sp³-hybridized carbons (Fsp3) is 0.400. The molecule has 1 unspecified atom stereocenters. The summed E-state index contributed by atoms with van der Waals surface area (Å²) in [6, 6.07) is 12.1. The van der Waals surface area contributed by atoms with Gasteiger partial charge >= 0.3 is 0 Å². The molecule has 2 aromatic rings. The van der Waals surface area contributed by atoms with Gasteiger partial charge in [0.05, 0.1) is 19.7 Å². The highest BCUT2D eigenvalue weighted by Crippen LogP contribution is 2.27. The van der Waals surface area contributed by atoms with Gasteiger partial charge in [0.2, 0.25) is 5.88 Å². The number of guanidine groups is 1. The molecule has 0 bridgehead atoms. The van der Waals surface area contributed by atoms with Crippen molar-refractivity contribution >= 4 is 5.96 Å². The molecule has 0 aliphatic carbocycles. The van der Waals surface area contributed by atoms with Gasteiger partial charge in [0, 0.05) is 24.7 Å². The Balaban J connectivity index is 1.58. The Labute approximate surface area is 154 Å². The molecule has 1 aliphatic heterocycles. The fourth-order valence-electron chi connectivity index (χ4n) is 2.90. The Morgan fingerprint density at radius 3 is 2.92 bits per heavy atom. The van der Waals surface area contributed by atoms with E-state index in [1.165, 1.54) is 5.56 Å². The molecule has 6 heteroatoms. The molecule has 26 heavy (non-hydrogen) atoms. The van der Waals surface area contributed by atoms with Crippen LogP contribution in [-0.2, 0) is 13.0 Å². The number of nitrogens with one attached hydrogen (secondary N) is 2. The van der Waals surface area contributed by atoms with Crippen LogP contribution < -0.4 is 20.1 Å². The van der Waals surface area contributed by atoms with Crippen LogP contribution in [-0.4, -0.2) is 36.7 Å². The highest BCUT2D eigenvalue weighted by Gasteiger charge is 2.22. The first-order valence-corrected chi connectivity index (χ1v) is 9.13. The zero-order valence-corrected chi connectivity index (χ0v) is 15.4. The molecular weight excluding hydrogens is 328 g/mol. The molecule has 6 nitrogen and oxygen atoms in total. The predicted octanol–water partition coefficient (Wildman–Crippen LogP) is 2.54. The van der Waals surface area contributed by atoms with Gasteiger partial charge in [-0.15, -0.1) is 0 Å². The molecule has 0 radical (unpaired) electrons. The minimum absolute atomic E-state index is 0.119. The number of hydrogen-bond donors (Lipinski definition) is 2. The van der Waals surface area contributed by atoms with Crippen LogP contribution >= 0.6 is 0 Å². The third-order valence-corrected chi connectivity index (χ3v) is 4.09. The van der Waals surface area contributed by atoms with Crippen molar-refractivity contribution in [3.8, 4) is 11.6 Å². The van der Waals surface area contributed by atoms with Crippen LogP contribution in [0.3, 0.4) is 0 Å². The second-order valence-electron chi connectivity index (χ2n) is 6.03. The lowest BCUT2D eigenvalue weighted by Crippen LogP contribution is -2.42. The maximum atomic E-state index is 5.97. The maximum Gasteiger partial charge on any atom is 0.218 e. The van der Waals surface area contributed by atoms with E-state index in [1.807, 2.05) is 37.3 Å². The molecule has 0 spiro atoms. The molecule has 1 aliphatic rings. The molecule has 0 saturated heterocycles. The number of rotatable bonds is 7. The molecule has 2 N–H and O–H groups in total. The van der Waals surface area contributed by atoms with Gasteiger partial charge in [-0.3, -0.25) is 0 Å². The summed E-state index contributed by atoms with van der Waals surface area (Å²) in [4.78, 5) is 8.93. The lowest BCUT2D eigenvalue weighted by molar-refractivity contribution is 0.235. The molecule has 0 fully saturated rings. The average molecular weight is 354 g/mol. The molecule has 138 valence electrons. The van der Waals surface area contributed by atoms with Gasteiger partial charge in [-0.1, -0.05) is 24.3 Å². The molecule has 1 aromatic heterocycles. The van der Waals surface area contributed by atoms with E-state index in [0.717, 1.165) is 30.2 Å². The van der Waals surface area contributed by atoms with E-state index < -0.39 is 0 Å². The summed E-state index contributed by atoms with van der Waals surface area (Å²) < 4.78 is 11.5. The van der Waals surface area contributed by atoms with Crippen LogP contribution in [0.25, 0.3) is 0 Å². The third-order valence-electron chi connectivity index (χ3n) is 4.09. The summed E-state index contributed by atoms with van der Waals surface area (Å²) >= 11 is 0. The van der Waals surface area contributed by atoms with Gasteiger partial charge in [0.25, 0.3) is 0 Å². The van der Waals surface area contributed by atoms with Crippen LogP contribution in [0.4, 0.5) is 0 Å².